The molecule has 1 atom stereocenters. The second-order valence-electron chi connectivity index (χ2n) is 5.43. The summed E-state index contributed by atoms with van der Waals surface area (Å²) in [5.41, 5.74) is 0.127. The Balaban J connectivity index is 1.78. The van der Waals surface area contributed by atoms with Gasteiger partial charge in [0.15, 0.2) is 0 Å². The number of carboxylic acid groups (broad SMARTS) is 1. The monoisotopic (exact) mass is 312 g/mol. The van der Waals surface area contributed by atoms with E-state index in [4.69, 9.17) is 9.52 Å². The van der Waals surface area contributed by atoms with Crippen LogP contribution in [-0.2, 0) is 6.54 Å². The van der Waals surface area contributed by atoms with E-state index in [1.807, 2.05) is 11.8 Å². The number of carboxylic acids is 1. The fourth-order valence-corrected chi connectivity index (χ4v) is 3.56. The average Bonchev–Trinajstić information content (AvgIpc) is 3.01. The molecule has 3 N–H and O–H groups in total. The van der Waals surface area contributed by atoms with Crippen LogP contribution in [0.2, 0.25) is 0 Å². The minimum absolute atomic E-state index is 0.120. The molecule has 1 aliphatic rings. The highest BCUT2D eigenvalue weighted by Gasteiger charge is 2.29. The van der Waals surface area contributed by atoms with Crippen LogP contribution in [0.4, 0.5) is 4.79 Å². The summed E-state index contributed by atoms with van der Waals surface area (Å²) in [6, 6.07) is 1.17. The number of hydrogen-bond acceptors (Lipinski definition) is 4. The number of rotatable bonds is 5. The number of hydrogen-bond donors (Lipinski definition) is 3. The number of furan rings is 1. The van der Waals surface area contributed by atoms with E-state index in [0.29, 0.717) is 18.1 Å². The van der Waals surface area contributed by atoms with Crippen molar-refractivity contribution in [2.24, 2.45) is 0 Å². The highest BCUT2D eigenvalue weighted by Crippen LogP contribution is 2.36. The van der Waals surface area contributed by atoms with Crippen LogP contribution in [-0.4, -0.2) is 34.2 Å². The third-order valence-electron chi connectivity index (χ3n) is 3.55. The van der Waals surface area contributed by atoms with Gasteiger partial charge in [-0.2, -0.15) is 11.8 Å². The maximum Gasteiger partial charge on any atom is 0.339 e. The Morgan fingerprint density at radius 1 is 1.48 bits per heavy atom. The van der Waals surface area contributed by atoms with Gasteiger partial charge < -0.3 is 20.2 Å². The summed E-state index contributed by atoms with van der Waals surface area (Å²) >= 11 is 1.88. The van der Waals surface area contributed by atoms with Crippen molar-refractivity contribution < 1.29 is 19.1 Å². The van der Waals surface area contributed by atoms with Crippen LogP contribution in [0, 0.1) is 6.92 Å². The first-order valence-corrected chi connectivity index (χ1v) is 7.86. The van der Waals surface area contributed by atoms with Gasteiger partial charge >= 0.3 is 12.0 Å². The smallest absolute Gasteiger partial charge is 0.339 e. The molecule has 21 heavy (non-hydrogen) atoms. The van der Waals surface area contributed by atoms with Gasteiger partial charge in [0.25, 0.3) is 0 Å². The summed E-state index contributed by atoms with van der Waals surface area (Å²) in [6.07, 6.45) is 2.30. The molecule has 1 aromatic rings. The Hall–Kier alpha value is -1.63. The topological polar surface area (TPSA) is 91.6 Å². The molecule has 0 saturated carbocycles. The van der Waals surface area contributed by atoms with Gasteiger partial charge in [0.1, 0.15) is 17.1 Å². The minimum atomic E-state index is -1.03. The molecule has 1 aliphatic heterocycles. The Labute approximate surface area is 127 Å². The Morgan fingerprint density at radius 2 is 2.24 bits per heavy atom. The van der Waals surface area contributed by atoms with Crippen LogP contribution in [0.3, 0.4) is 0 Å². The quantitative estimate of drug-likeness (QED) is 0.776. The average molecular weight is 312 g/mol. The normalized spacial score (nSPS) is 21.2. The Bertz CT molecular complexity index is 535. The second kappa shape index (κ2) is 6.43. The van der Waals surface area contributed by atoms with Gasteiger partial charge in [-0.05, 0) is 38.5 Å². The number of carbonyl (C=O) groups excluding carboxylic acids is 1. The molecule has 0 radical (unpaired) electrons. The van der Waals surface area contributed by atoms with E-state index in [1.165, 1.54) is 12.5 Å². The number of aryl methyl sites for hydroxylation is 1. The number of carbonyl (C=O) groups is 2. The van der Waals surface area contributed by atoms with Crippen LogP contribution in [0.5, 0.6) is 0 Å². The van der Waals surface area contributed by atoms with Crippen LogP contribution in [0.15, 0.2) is 10.5 Å². The van der Waals surface area contributed by atoms with Crippen molar-refractivity contribution in [2.75, 3.05) is 12.3 Å². The van der Waals surface area contributed by atoms with Gasteiger partial charge in [0.05, 0.1) is 6.54 Å². The third-order valence-corrected chi connectivity index (χ3v) is 5.08. The molecule has 2 rings (SSSR count). The molecule has 1 saturated heterocycles. The van der Waals surface area contributed by atoms with Crippen molar-refractivity contribution in [2.45, 2.75) is 38.0 Å². The summed E-state index contributed by atoms with van der Waals surface area (Å²) in [4.78, 5) is 22.6. The molecule has 6 nitrogen and oxygen atoms in total. The third kappa shape index (κ3) is 4.17. The summed E-state index contributed by atoms with van der Waals surface area (Å²) in [6.45, 7) is 4.54. The fraction of sp³-hybridized carbons (Fsp3) is 0.571. The highest BCUT2D eigenvalue weighted by molar-refractivity contribution is 8.00. The van der Waals surface area contributed by atoms with E-state index in [1.54, 1.807) is 6.92 Å². The largest absolute Gasteiger partial charge is 0.478 e. The van der Waals surface area contributed by atoms with Crippen molar-refractivity contribution in [1.82, 2.24) is 10.6 Å². The number of urea groups is 1. The van der Waals surface area contributed by atoms with Gasteiger partial charge in [-0.1, -0.05) is 0 Å². The Morgan fingerprint density at radius 3 is 2.81 bits per heavy atom. The summed E-state index contributed by atoms with van der Waals surface area (Å²) in [7, 11) is 0. The fourth-order valence-electron chi connectivity index (χ4n) is 2.32. The summed E-state index contributed by atoms with van der Waals surface area (Å²) in [5.74, 6) is 0.887. The molecule has 116 valence electrons. The standard InChI is InChI=1S/C14H20N2O4S/c1-9-11(12(17)18)6-10(20-9)7-15-13(19)16-8-14(2)4-3-5-21-14/h6H,3-5,7-8H2,1-2H3,(H,17,18)(H2,15,16,19). The number of thioether (sulfide) groups is 1. The van der Waals surface area contributed by atoms with Crippen LogP contribution in [0.25, 0.3) is 0 Å². The van der Waals surface area contributed by atoms with E-state index in [9.17, 15) is 9.59 Å². The first-order valence-electron chi connectivity index (χ1n) is 6.88. The molecule has 0 bridgehead atoms. The predicted molar refractivity (Wildman–Crippen MR) is 80.7 cm³/mol. The molecule has 1 aromatic heterocycles. The molecule has 1 unspecified atom stereocenters. The van der Waals surface area contributed by atoms with E-state index in [0.717, 1.165) is 12.2 Å². The highest BCUT2D eigenvalue weighted by atomic mass is 32.2. The van der Waals surface area contributed by atoms with Gasteiger partial charge in [-0.25, -0.2) is 9.59 Å². The zero-order valence-electron chi connectivity index (χ0n) is 12.2. The van der Waals surface area contributed by atoms with Crippen molar-refractivity contribution in [3.8, 4) is 0 Å². The van der Waals surface area contributed by atoms with Crippen molar-refractivity contribution >= 4 is 23.8 Å². The van der Waals surface area contributed by atoms with Gasteiger partial charge in [0.2, 0.25) is 0 Å². The minimum Gasteiger partial charge on any atom is -0.478 e. The van der Waals surface area contributed by atoms with Crippen molar-refractivity contribution in [1.29, 1.82) is 0 Å². The number of nitrogens with one attached hydrogen (secondary N) is 2. The first-order chi connectivity index (χ1) is 9.89. The molecule has 7 heteroatoms. The summed E-state index contributed by atoms with van der Waals surface area (Å²) in [5, 5.41) is 14.5. The maximum absolute atomic E-state index is 11.8. The van der Waals surface area contributed by atoms with Crippen molar-refractivity contribution in [3.05, 3.63) is 23.2 Å². The molecule has 0 aromatic carbocycles. The van der Waals surface area contributed by atoms with E-state index in [-0.39, 0.29) is 22.9 Å². The van der Waals surface area contributed by atoms with Crippen LogP contribution >= 0.6 is 11.8 Å². The van der Waals surface area contributed by atoms with Gasteiger partial charge in [0, 0.05) is 11.3 Å². The van der Waals surface area contributed by atoms with E-state index in [2.05, 4.69) is 17.6 Å². The molecule has 0 aliphatic carbocycles. The second-order valence-corrected chi connectivity index (χ2v) is 7.11. The van der Waals surface area contributed by atoms with E-state index < -0.39 is 5.97 Å². The lowest BCUT2D eigenvalue weighted by Gasteiger charge is -2.22. The van der Waals surface area contributed by atoms with Crippen LogP contribution < -0.4 is 10.6 Å². The lowest BCUT2D eigenvalue weighted by atomic mass is 10.1. The molecule has 1 fully saturated rings. The predicted octanol–water partition coefficient (Wildman–Crippen LogP) is 2.37. The lowest BCUT2D eigenvalue weighted by molar-refractivity contribution is 0.0695. The van der Waals surface area contributed by atoms with Crippen LogP contribution in [0.1, 0.15) is 41.6 Å². The van der Waals surface area contributed by atoms with Gasteiger partial charge in [-0.15, -0.1) is 0 Å². The molecule has 2 amide bonds. The molecule has 2 heterocycles. The first kappa shape index (κ1) is 15.8. The summed E-state index contributed by atoms with van der Waals surface area (Å²) < 4.78 is 5.42. The number of aromatic carboxylic acids is 1. The maximum atomic E-state index is 11.8. The SMILES string of the molecule is Cc1oc(CNC(=O)NCC2(C)CCCS2)cc1C(=O)O. The molecule has 0 spiro atoms. The zero-order valence-corrected chi connectivity index (χ0v) is 13.0. The molecular formula is C14H20N2O4S. The Kier molecular flexibility index (Phi) is 4.82. The lowest BCUT2D eigenvalue weighted by Crippen LogP contribution is -2.42. The van der Waals surface area contributed by atoms with E-state index >= 15 is 0 Å². The zero-order chi connectivity index (χ0) is 15.5. The molecular weight excluding hydrogens is 292 g/mol. The number of amides is 2. The van der Waals surface area contributed by atoms with Gasteiger partial charge in [-0.3, -0.25) is 0 Å². The van der Waals surface area contributed by atoms with Crippen molar-refractivity contribution in [3.63, 3.8) is 0 Å².